The van der Waals surface area contributed by atoms with Gasteiger partial charge in [-0.15, -0.1) is 0 Å². The molecule has 2 aromatic rings. The Balaban J connectivity index is 2.19. The number of aromatic nitrogens is 1. The van der Waals surface area contributed by atoms with Gasteiger partial charge in [0.15, 0.2) is 0 Å². The highest BCUT2D eigenvalue weighted by atomic mass is 14.7. The molecule has 3 rings (SSSR count). The first-order valence-electron chi connectivity index (χ1n) is 5.11. The fourth-order valence-electron chi connectivity index (χ4n) is 1.90. The molecule has 1 aliphatic carbocycles. The molecule has 2 nitrogen and oxygen atoms in total. The second-order valence-corrected chi connectivity index (χ2v) is 4.11. The van der Waals surface area contributed by atoms with Crippen LogP contribution in [0.5, 0.6) is 0 Å². The van der Waals surface area contributed by atoms with Gasteiger partial charge in [-0.2, -0.15) is 5.26 Å². The van der Waals surface area contributed by atoms with Crippen LogP contribution >= 0.6 is 0 Å². The van der Waals surface area contributed by atoms with E-state index in [2.05, 4.69) is 17.1 Å². The number of nitriles is 1. The first kappa shape index (κ1) is 8.43. The van der Waals surface area contributed by atoms with Crippen molar-refractivity contribution in [2.45, 2.75) is 18.3 Å². The summed E-state index contributed by atoms with van der Waals surface area (Å²) in [7, 11) is 0. The Hall–Kier alpha value is -1.88. The second kappa shape index (κ2) is 2.80. The maximum absolute atomic E-state index is 9.09. The molecule has 0 amide bonds. The minimum absolute atomic E-state index is 0.274. The largest absolute Gasteiger partial charge is 0.259 e. The third-order valence-electron chi connectivity index (χ3n) is 3.09. The maximum Gasteiger partial charge on any atom is 0.0994 e. The van der Waals surface area contributed by atoms with Gasteiger partial charge in [0.25, 0.3) is 0 Å². The summed E-state index contributed by atoms with van der Waals surface area (Å²) in [6.07, 6.45) is 3.77. The smallest absolute Gasteiger partial charge is 0.0994 e. The molecule has 15 heavy (non-hydrogen) atoms. The lowest BCUT2D eigenvalue weighted by atomic mass is 10.0. The summed E-state index contributed by atoms with van der Waals surface area (Å²) >= 11 is 0. The first-order valence-corrected chi connectivity index (χ1v) is 5.11. The zero-order valence-electron chi connectivity index (χ0n) is 8.27. The van der Waals surface area contributed by atoms with Gasteiger partial charge >= 0.3 is 0 Å². The molecule has 1 saturated carbocycles. The van der Waals surface area contributed by atoms with E-state index in [9.17, 15) is 0 Å². The van der Waals surface area contributed by atoms with Crippen LogP contribution in [0, 0.1) is 11.3 Å². The van der Waals surface area contributed by atoms with Crippen LogP contribution in [0.1, 0.15) is 18.5 Å². The Morgan fingerprint density at radius 1 is 1.20 bits per heavy atom. The third kappa shape index (κ3) is 1.20. The molecule has 0 unspecified atom stereocenters. The van der Waals surface area contributed by atoms with E-state index in [1.807, 2.05) is 30.5 Å². The predicted octanol–water partition coefficient (Wildman–Crippen LogP) is 2.79. The molecule has 0 atom stereocenters. The lowest BCUT2D eigenvalue weighted by molar-refractivity contribution is 0.859. The standard InChI is InChI=1S/C13H10N2/c14-9-13(5-6-13)12-7-10-3-1-2-4-11(10)8-15-12/h1-4,7-8H,5-6H2. The fourth-order valence-corrected chi connectivity index (χ4v) is 1.90. The van der Waals surface area contributed by atoms with Crippen molar-refractivity contribution in [1.82, 2.24) is 4.98 Å². The number of fused-ring (bicyclic) bond motifs is 1. The van der Waals surface area contributed by atoms with Crippen LogP contribution < -0.4 is 0 Å². The summed E-state index contributed by atoms with van der Waals surface area (Å²) in [5.41, 5.74) is 0.660. The van der Waals surface area contributed by atoms with Crippen molar-refractivity contribution >= 4 is 10.8 Å². The van der Waals surface area contributed by atoms with Gasteiger partial charge in [-0.1, -0.05) is 24.3 Å². The molecule has 1 aromatic carbocycles. The van der Waals surface area contributed by atoms with E-state index in [1.54, 1.807) is 0 Å². The molecular formula is C13H10N2. The molecule has 1 fully saturated rings. The lowest BCUT2D eigenvalue weighted by Crippen LogP contribution is -2.04. The number of pyridine rings is 1. The maximum atomic E-state index is 9.09. The van der Waals surface area contributed by atoms with E-state index in [1.165, 1.54) is 5.39 Å². The Labute approximate surface area is 88.2 Å². The molecule has 1 heterocycles. The van der Waals surface area contributed by atoms with Crippen molar-refractivity contribution in [1.29, 1.82) is 5.26 Å². The topological polar surface area (TPSA) is 36.7 Å². The quantitative estimate of drug-likeness (QED) is 0.699. The van der Waals surface area contributed by atoms with Crippen LogP contribution in [-0.2, 0) is 5.41 Å². The van der Waals surface area contributed by atoms with Gasteiger partial charge in [0.05, 0.1) is 17.2 Å². The number of hydrogen-bond donors (Lipinski definition) is 0. The Bertz CT molecular complexity index is 562. The monoisotopic (exact) mass is 194 g/mol. The van der Waals surface area contributed by atoms with Gasteiger partial charge in [-0.05, 0) is 24.3 Å². The molecular weight excluding hydrogens is 184 g/mol. The van der Waals surface area contributed by atoms with Crippen molar-refractivity contribution in [3.63, 3.8) is 0 Å². The number of hydrogen-bond acceptors (Lipinski definition) is 2. The van der Waals surface area contributed by atoms with E-state index in [0.29, 0.717) is 0 Å². The van der Waals surface area contributed by atoms with E-state index in [0.717, 1.165) is 23.9 Å². The number of nitrogens with zero attached hydrogens (tertiary/aromatic N) is 2. The Kier molecular flexibility index (Phi) is 1.58. The van der Waals surface area contributed by atoms with E-state index >= 15 is 0 Å². The van der Waals surface area contributed by atoms with Crippen LogP contribution in [0.4, 0.5) is 0 Å². The third-order valence-corrected chi connectivity index (χ3v) is 3.09. The van der Waals surface area contributed by atoms with Gasteiger partial charge in [-0.3, -0.25) is 4.98 Å². The minimum Gasteiger partial charge on any atom is -0.259 e. The average molecular weight is 194 g/mol. The van der Waals surface area contributed by atoms with Crippen LogP contribution in [0.3, 0.4) is 0 Å². The molecule has 1 aromatic heterocycles. The molecule has 0 bridgehead atoms. The SMILES string of the molecule is N#CC1(c2cc3ccccc3cn2)CC1. The first-order chi connectivity index (χ1) is 7.34. The van der Waals surface area contributed by atoms with Crippen molar-refractivity contribution in [3.05, 3.63) is 42.2 Å². The van der Waals surface area contributed by atoms with Crippen LogP contribution in [-0.4, -0.2) is 4.98 Å². The fraction of sp³-hybridized carbons (Fsp3) is 0.231. The summed E-state index contributed by atoms with van der Waals surface area (Å²) < 4.78 is 0. The summed E-state index contributed by atoms with van der Waals surface area (Å²) in [6, 6.07) is 12.5. The summed E-state index contributed by atoms with van der Waals surface area (Å²) in [5, 5.41) is 11.4. The number of rotatable bonds is 1. The molecule has 0 saturated heterocycles. The van der Waals surface area contributed by atoms with Gasteiger partial charge in [0, 0.05) is 11.6 Å². The van der Waals surface area contributed by atoms with Crippen LogP contribution in [0.2, 0.25) is 0 Å². The van der Waals surface area contributed by atoms with Gasteiger partial charge in [-0.25, -0.2) is 0 Å². The van der Waals surface area contributed by atoms with E-state index < -0.39 is 0 Å². The summed E-state index contributed by atoms with van der Waals surface area (Å²) in [4.78, 5) is 4.39. The molecule has 72 valence electrons. The van der Waals surface area contributed by atoms with E-state index in [-0.39, 0.29) is 5.41 Å². The Morgan fingerprint density at radius 3 is 2.60 bits per heavy atom. The lowest BCUT2D eigenvalue weighted by Gasteiger charge is -2.05. The molecule has 0 N–H and O–H groups in total. The zero-order valence-corrected chi connectivity index (χ0v) is 8.27. The average Bonchev–Trinajstić information content (AvgIpc) is 3.09. The van der Waals surface area contributed by atoms with Crippen molar-refractivity contribution in [3.8, 4) is 6.07 Å². The van der Waals surface area contributed by atoms with Crippen molar-refractivity contribution in [2.24, 2.45) is 0 Å². The minimum atomic E-state index is -0.274. The van der Waals surface area contributed by atoms with Crippen LogP contribution in [0.25, 0.3) is 10.8 Å². The Morgan fingerprint density at radius 2 is 1.93 bits per heavy atom. The van der Waals surface area contributed by atoms with Gasteiger partial charge < -0.3 is 0 Å². The highest BCUT2D eigenvalue weighted by Crippen LogP contribution is 2.46. The van der Waals surface area contributed by atoms with Gasteiger partial charge in [0.1, 0.15) is 0 Å². The molecule has 2 heteroatoms. The molecule has 0 radical (unpaired) electrons. The summed E-state index contributed by atoms with van der Waals surface area (Å²) in [6.45, 7) is 0. The summed E-state index contributed by atoms with van der Waals surface area (Å²) in [5.74, 6) is 0. The molecule has 0 spiro atoms. The van der Waals surface area contributed by atoms with Crippen molar-refractivity contribution in [2.75, 3.05) is 0 Å². The molecule has 1 aliphatic rings. The molecule has 0 aliphatic heterocycles. The van der Waals surface area contributed by atoms with E-state index in [4.69, 9.17) is 5.26 Å². The second-order valence-electron chi connectivity index (χ2n) is 4.11. The normalized spacial score (nSPS) is 17.3. The zero-order chi connectivity index (χ0) is 10.3. The highest BCUT2D eigenvalue weighted by molar-refractivity contribution is 5.82. The van der Waals surface area contributed by atoms with Crippen molar-refractivity contribution < 1.29 is 0 Å². The highest BCUT2D eigenvalue weighted by Gasteiger charge is 2.46. The van der Waals surface area contributed by atoms with Crippen LogP contribution in [0.15, 0.2) is 36.5 Å². The number of benzene rings is 1. The predicted molar refractivity (Wildman–Crippen MR) is 58.3 cm³/mol. The van der Waals surface area contributed by atoms with Gasteiger partial charge in [0.2, 0.25) is 0 Å².